The molecule has 0 aliphatic carbocycles. The molecule has 0 radical (unpaired) electrons. The van der Waals surface area contributed by atoms with Crippen molar-refractivity contribution >= 4 is 11.7 Å². The van der Waals surface area contributed by atoms with Gasteiger partial charge in [0.15, 0.2) is 0 Å². The Kier molecular flexibility index (Phi) is 9.61. The van der Waals surface area contributed by atoms with Crippen molar-refractivity contribution in [1.29, 1.82) is 0 Å². The molecule has 0 spiro atoms. The van der Waals surface area contributed by atoms with Crippen molar-refractivity contribution in [3.8, 4) is 5.75 Å². The summed E-state index contributed by atoms with van der Waals surface area (Å²) in [5.74, 6) is -1.19. The summed E-state index contributed by atoms with van der Waals surface area (Å²) in [7, 11) is 0. The smallest absolute Gasteiger partial charge is 0.319 e. The van der Waals surface area contributed by atoms with Crippen LogP contribution in [-0.4, -0.2) is 35.2 Å². The lowest BCUT2D eigenvalue weighted by Crippen LogP contribution is -2.45. The number of rotatable bonds is 7. The molecule has 2 amide bonds. The molecular weight excluding hydrogens is 532 g/mol. The van der Waals surface area contributed by atoms with Crippen LogP contribution in [0.25, 0.3) is 0 Å². The van der Waals surface area contributed by atoms with Crippen LogP contribution in [0.5, 0.6) is 5.75 Å². The number of phenolic OH excluding ortho intramolecular Hbond substituents is 1. The number of likely N-dealkylation sites (tertiary alicyclic amines) is 1. The van der Waals surface area contributed by atoms with Gasteiger partial charge >= 0.3 is 6.03 Å². The lowest BCUT2D eigenvalue weighted by Gasteiger charge is -2.32. The number of anilines is 1. The van der Waals surface area contributed by atoms with Crippen LogP contribution in [0.3, 0.4) is 0 Å². The van der Waals surface area contributed by atoms with E-state index >= 15 is 4.39 Å². The van der Waals surface area contributed by atoms with Crippen LogP contribution < -0.4 is 10.6 Å². The number of phenols is 1. The minimum Gasteiger partial charge on any atom is -0.507 e. The molecule has 4 rings (SSSR count). The van der Waals surface area contributed by atoms with Gasteiger partial charge in [-0.05, 0) is 70.4 Å². The molecule has 226 valence electrons. The summed E-state index contributed by atoms with van der Waals surface area (Å²) in [6, 6.07) is 15.8. The average Bonchev–Trinajstić information content (AvgIpc) is 2.90. The quantitative estimate of drug-likeness (QED) is 0.268. The number of nitrogens with one attached hydrogen (secondary N) is 2. The summed E-state index contributed by atoms with van der Waals surface area (Å²) in [6.45, 7) is 14.9. The number of aromatic hydroxyl groups is 1. The lowest BCUT2D eigenvalue weighted by molar-refractivity contribution is 0.190. The van der Waals surface area contributed by atoms with Gasteiger partial charge in [-0.25, -0.2) is 13.6 Å². The Morgan fingerprint density at radius 3 is 2.05 bits per heavy atom. The zero-order chi connectivity index (χ0) is 30.7. The molecule has 0 atom stereocenters. The second-order valence-electron chi connectivity index (χ2n) is 13.6. The number of urea groups is 1. The monoisotopic (exact) mass is 577 g/mol. The van der Waals surface area contributed by atoms with Crippen molar-refractivity contribution in [2.24, 2.45) is 0 Å². The van der Waals surface area contributed by atoms with Crippen LogP contribution >= 0.6 is 0 Å². The summed E-state index contributed by atoms with van der Waals surface area (Å²) in [6.07, 6.45) is 2.41. The number of carbonyl (C=O) groups excluding carboxylic acids is 1. The first kappa shape index (κ1) is 31.5. The van der Waals surface area contributed by atoms with E-state index in [-0.39, 0.29) is 22.6 Å². The van der Waals surface area contributed by atoms with E-state index in [2.05, 4.69) is 27.7 Å². The first-order valence-corrected chi connectivity index (χ1v) is 14.9. The van der Waals surface area contributed by atoms with Gasteiger partial charge < -0.3 is 15.7 Å². The highest BCUT2D eigenvalue weighted by atomic mass is 19.1. The Morgan fingerprint density at radius 1 is 0.881 bits per heavy atom. The third kappa shape index (κ3) is 8.09. The molecule has 3 aromatic carbocycles. The first-order valence-electron chi connectivity index (χ1n) is 14.9. The van der Waals surface area contributed by atoms with Crippen molar-refractivity contribution < 1.29 is 18.7 Å². The predicted molar refractivity (Wildman–Crippen MR) is 166 cm³/mol. The van der Waals surface area contributed by atoms with E-state index in [1.165, 1.54) is 11.6 Å². The number of carbonyl (C=O) groups is 1. The summed E-state index contributed by atoms with van der Waals surface area (Å²) in [4.78, 5) is 15.3. The van der Waals surface area contributed by atoms with Crippen LogP contribution in [0.2, 0.25) is 0 Å². The number of nitrogens with zero attached hydrogens (tertiary/aromatic N) is 1. The van der Waals surface area contributed by atoms with Crippen LogP contribution in [-0.2, 0) is 30.2 Å². The van der Waals surface area contributed by atoms with E-state index in [0.717, 1.165) is 55.2 Å². The zero-order valence-corrected chi connectivity index (χ0v) is 25.8. The summed E-state index contributed by atoms with van der Waals surface area (Å²) in [5.41, 5.74) is 3.72. The van der Waals surface area contributed by atoms with Gasteiger partial charge in [0.05, 0.1) is 5.69 Å². The number of piperidine rings is 1. The zero-order valence-electron chi connectivity index (χ0n) is 25.8. The van der Waals surface area contributed by atoms with Gasteiger partial charge in [-0.1, -0.05) is 84.0 Å². The van der Waals surface area contributed by atoms with Crippen LogP contribution in [0.4, 0.5) is 19.3 Å². The van der Waals surface area contributed by atoms with E-state index in [0.29, 0.717) is 24.2 Å². The molecule has 1 fully saturated rings. The Balaban J connectivity index is 1.43. The summed E-state index contributed by atoms with van der Waals surface area (Å²) < 4.78 is 29.3. The van der Waals surface area contributed by atoms with Crippen molar-refractivity contribution in [3.05, 3.63) is 94.0 Å². The molecule has 1 saturated heterocycles. The maximum Gasteiger partial charge on any atom is 0.319 e. The standard InChI is InChI=1S/C35H45F2N3O2/c1-34(2,3)28-18-24(19-29(32(28)41)35(4,5)6)12-13-25-20-26(36)21-30(37)31(25)39-33(42)38-27-14-16-40(17-15-27)22-23-10-8-7-9-11-23/h7-11,18-21,27,41H,12-17,22H2,1-6H3,(H2,38,39,42). The first-order chi connectivity index (χ1) is 19.7. The fraction of sp³-hybridized carbons (Fsp3) is 0.457. The third-order valence-electron chi connectivity index (χ3n) is 8.02. The molecule has 3 aromatic rings. The van der Waals surface area contributed by atoms with Crippen molar-refractivity contribution in [3.63, 3.8) is 0 Å². The number of benzene rings is 3. The number of hydrogen-bond acceptors (Lipinski definition) is 3. The van der Waals surface area contributed by atoms with Crippen LogP contribution in [0, 0.1) is 11.6 Å². The van der Waals surface area contributed by atoms with E-state index in [1.54, 1.807) is 0 Å². The van der Waals surface area contributed by atoms with Crippen LogP contribution in [0.15, 0.2) is 54.6 Å². The highest BCUT2D eigenvalue weighted by molar-refractivity contribution is 5.90. The van der Waals surface area contributed by atoms with Gasteiger partial charge in [0.25, 0.3) is 0 Å². The number of halogens is 2. The number of hydrogen-bond donors (Lipinski definition) is 3. The highest BCUT2D eigenvalue weighted by Crippen LogP contribution is 2.40. The molecule has 0 aromatic heterocycles. The number of amides is 2. The van der Waals surface area contributed by atoms with Gasteiger partial charge in [0.1, 0.15) is 17.4 Å². The van der Waals surface area contributed by atoms with Crippen LogP contribution in [0.1, 0.15) is 82.2 Å². The minimum atomic E-state index is -0.797. The van der Waals surface area contributed by atoms with E-state index in [1.807, 2.05) is 71.9 Å². The SMILES string of the molecule is CC(C)(C)c1cc(CCc2cc(F)cc(F)c2NC(=O)NC2CCN(Cc3ccccc3)CC2)cc(C(C)(C)C)c1O. The Bertz CT molecular complexity index is 1350. The van der Waals surface area contributed by atoms with Gasteiger partial charge in [0.2, 0.25) is 0 Å². The van der Waals surface area contributed by atoms with E-state index in [4.69, 9.17) is 0 Å². The van der Waals surface area contributed by atoms with Crippen molar-refractivity contribution in [2.45, 2.75) is 90.6 Å². The average molecular weight is 578 g/mol. The highest BCUT2D eigenvalue weighted by Gasteiger charge is 2.27. The van der Waals surface area contributed by atoms with Gasteiger partial charge in [-0.2, -0.15) is 0 Å². The summed E-state index contributed by atoms with van der Waals surface area (Å²) in [5, 5.41) is 16.7. The van der Waals surface area contributed by atoms with E-state index < -0.39 is 17.7 Å². The molecule has 7 heteroatoms. The van der Waals surface area contributed by atoms with Gasteiger partial charge in [-0.3, -0.25) is 4.90 Å². The third-order valence-corrected chi connectivity index (χ3v) is 8.02. The number of aryl methyl sites for hydroxylation is 2. The largest absolute Gasteiger partial charge is 0.507 e. The van der Waals surface area contributed by atoms with E-state index in [9.17, 15) is 14.3 Å². The Hall–Kier alpha value is -3.45. The molecular formula is C35H45F2N3O2. The molecule has 0 saturated carbocycles. The Morgan fingerprint density at radius 2 is 1.48 bits per heavy atom. The molecule has 5 nitrogen and oxygen atoms in total. The van der Waals surface area contributed by atoms with Crippen molar-refractivity contribution in [2.75, 3.05) is 18.4 Å². The lowest BCUT2D eigenvalue weighted by atomic mass is 9.78. The Labute approximate surface area is 249 Å². The molecule has 3 N–H and O–H groups in total. The predicted octanol–water partition coefficient (Wildman–Crippen LogP) is 7.84. The second-order valence-corrected chi connectivity index (χ2v) is 13.6. The second kappa shape index (κ2) is 12.8. The minimum absolute atomic E-state index is 0.00119. The maximum absolute atomic E-state index is 15.0. The maximum atomic E-state index is 15.0. The molecule has 0 unspecified atom stereocenters. The fourth-order valence-corrected chi connectivity index (χ4v) is 5.64. The normalized spacial score (nSPS) is 15.0. The molecule has 1 aliphatic heterocycles. The van der Waals surface area contributed by atoms with Gasteiger partial charge in [-0.15, -0.1) is 0 Å². The molecule has 0 bridgehead atoms. The molecule has 1 heterocycles. The van der Waals surface area contributed by atoms with Gasteiger partial charge in [0, 0.05) is 31.7 Å². The molecule has 42 heavy (non-hydrogen) atoms. The topological polar surface area (TPSA) is 64.6 Å². The molecule has 1 aliphatic rings. The fourth-order valence-electron chi connectivity index (χ4n) is 5.64. The summed E-state index contributed by atoms with van der Waals surface area (Å²) >= 11 is 0. The van der Waals surface area contributed by atoms with Crippen molar-refractivity contribution in [1.82, 2.24) is 10.2 Å².